The predicted molar refractivity (Wildman–Crippen MR) is 106 cm³/mol. The number of nitrogen functional groups attached to an aromatic ring is 1. The molecule has 0 atom stereocenters. The smallest absolute Gasteiger partial charge is 0.0320 e. The molecule has 0 aliphatic heterocycles. The van der Waals surface area contributed by atoms with Gasteiger partial charge in [0.2, 0.25) is 0 Å². The molecule has 1 fully saturated rings. The first-order valence-electron chi connectivity index (χ1n) is 9.38. The number of benzene rings is 3. The van der Waals surface area contributed by atoms with Crippen molar-refractivity contribution in [2.75, 3.05) is 5.73 Å². The summed E-state index contributed by atoms with van der Waals surface area (Å²) in [5.41, 5.74) is 15.6. The van der Waals surface area contributed by atoms with Crippen LogP contribution in [0.1, 0.15) is 43.2 Å². The number of hydrogen-bond acceptors (Lipinski definition) is 1. The van der Waals surface area contributed by atoms with Crippen LogP contribution in [0.5, 0.6) is 0 Å². The third-order valence-corrected chi connectivity index (χ3v) is 6.20. The van der Waals surface area contributed by atoms with Crippen molar-refractivity contribution in [2.45, 2.75) is 37.5 Å². The van der Waals surface area contributed by atoms with Crippen molar-refractivity contribution in [1.82, 2.24) is 0 Å². The van der Waals surface area contributed by atoms with Crippen molar-refractivity contribution < 1.29 is 0 Å². The molecule has 0 aromatic heterocycles. The van der Waals surface area contributed by atoms with E-state index in [1.807, 2.05) is 0 Å². The average Bonchev–Trinajstić information content (AvgIpc) is 2.92. The van der Waals surface area contributed by atoms with Crippen molar-refractivity contribution in [3.05, 3.63) is 77.9 Å². The van der Waals surface area contributed by atoms with E-state index in [1.165, 1.54) is 65.5 Å². The van der Waals surface area contributed by atoms with Crippen LogP contribution >= 0.6 is 0 Å². The Morgan fingerprint density at radius 3 is 2.24 bits per heavy atom. The maximum Gasteiger partial charge on any atom is 0.0320 e. The third-order valence-electron chi connectivity index (χ3n) is 6.20. The summed E-state index contributed by atoms with van der Waals surface area (Å²) in [5.74, 6) is 0. The molecule has 0 saturated heterocycles. The van der Waals surface area contributed by atoms with E-state index in [2.05, 4.69) is 66.7 Å². The van der Waals surface area contributed by atoms with Gasteiger partial charge in [-0.3, -0.25) is 0 Å². The Balaban J connectivity index is 1.75. The first-order chi connectivity index (χ1) is 12.3. The standard InChI is InChI=1S/C24H23N/c25-19-10-12-22-21(16-19)20-11-9-18(17-7-3-1-4-8-17)15-23(20)24(22)13-5-2-6-14-24/h1,3-4,7-12,15-16H,2,5-6,13-14,25H2. The summed E-state index contributed by atoms with van der Waals surface area (Å²) >= 11 is 0. The second-order valence-electron chi connectivity index (χ2n) is 7.57. The molecule has 0 amide bonds. The van der Waals surface area contributed by atoms with Crippen LogP contribution in [0.3, 0.4) is 0 Å². The van der Waals surface area contributed by atoms with Crippen LogP contribution < -0.4 is 5.73 Å². The lowest BCUT2D eigenvalue weighted by atomic mass is 9.67. The topological polar surface area (TPSA) is 26.0 Å². The molecule has 25 heavy (non-hydrogen) atoms. The minimum atomic E-state index is 0.196. The van der Waals surface area contributed by atoms with Crippen LogP contribution in [0.15, 0.2) is 66.7 Å². The number of hydrogen-bond donors (Lipinski definition) is 1. The van der Waals surface area contributed by atoms with Gasteiger partial charge in [-0.05, 0) is 64.4 Å². The first kappa shape index (κ1) is 14.8. The normalized spacial score (nSPS) is 17.3. The molecule has 3 aromatic rings. The Kier molecular flexibility index (Phi) is 3.24. The molecule has 1 nitrogen and oxygen atoms in total. The lowest BCUT2D eigenvalue weighted by Crippen LogP contribution is -2.28. The van der Waals surface area contributed by atoms with Crippen LogP contribution in [-0.4, -0.2) is 0 Å². The highest BCUT2D eigenvalue weighted by Crippen LogP contribution is 2.56. The lowest BCUT2D eigenvalue weighted by Gasteiger charge is -2.36. The summed E-state index contributed by atoms with van der Waals surface area (Å²) in [5, 5.41) is 0. The molecule has 1 saturated carbocycles. The monoisotopic (exact) mass is 325 g/mol. The van der Waals surface area contributed by atoms with Gasteiger partial charge >= 0.3 is 0 Å². The van der Waals surface area contributed by atoms with E-state index in [4.69, 9.17) is 5.73 Å². The van der Waals surface area contributed by atoms with Crippen LogP contribution in [0, 0.1) is 0 Å². The van der Waals surface area contributed by atoms with Crippen molar-refractivity contribution in [3.8, 4) is 22.3 Å². The molecular formula is C24H23N. The van der Waals surface area contributed by atoms with Crippen molar-refractivity contribution in [1.29, 1.82) is 0 Å². The summed E-state index contributed by atoms with van der Waals surface area (Å²) in [4.78, 5) is 0. The van der Waals surface area contributed by atoms with Gasteiger partial charge in [0.05, 0.1) is 0 Å². The molecule has 2 N–H and O–H groups in total. The van der Waals surface area contributed by atoms with Gasteiger partial charge in [-0.25, -0.2) is 0 Å². The van der Waals surface area contributed by atoms with E-state index in [0.29, 0.717) is 0 Å². The fraction of sp³-hybridized carbons (Fsp3) is 0.250. The van der Waals surface area contributed by atoms with Gasteiger partial charge in [-0.15, -0.1) is 0 Å². The number of anilines is 1. The number of nitrogens with two attached hydrogens (primary N) is 1. The molecule has 1 heteroatoms. The molecule has 0 unspecified atom stereocenters. The molecule has 2 aliphatic rings. The zero-order valence-corrected chi connectivity index (χ0v) is 14.5. The van der Waals surface area contributed by atoms with E-state index in [9.17, 15) is 0 Å². The fourth-order valence-electron chi connectivity index (χ4n) is 5.03. The molecule has 2 aliphatic carbocycles. The van der Waals surface area contributed by atoms with E-state index in [0.717, 1.165) is 5.69 Å². The Morgan fingerprint density at radius 2 is 1.44 bits per heavy atom. The van der Waals surface area contributed by atoms with E-state index >= 15 is 0 Å². The second kappa shape index (κ2) is 5.49. The molecule has 0 bridgehead atoms. The number of rotatable bonds is 1. The minimum absolute atomic E-state index is 0.196. The SMILES string of the molecule is Nc1ccc2c(c1)-c1ccc(-c3ccccc3)cc1C21CCCCC1. The summed E-state index contributed by atoms with van der Waals surface area (Å²) in [6.45, 7) is 0. The highest BCUT2D eigenvalue weighted by molar-refractivity contribution is 5.85. The maximum atomic E-state index is 6.13. The van der Waals surface area contributed by atoms with Gasteiger partial charge in [0, 0.05) is 11.1 Å². The van der Waals surface area contributed by atoms with E-state index < -0.39 is 0 Å². The summed E-state index contributed by atoms with van der Waals surface area (Å²) in [6.07, 6.45) is 6.52. The highest BCUT2D eigenvalue weighted by atomic mass is 14.6. The van der Waals surface area contributed by atoms with E-state index in [-0.39, 0.29) is 5.41 Å². The largest absolute Gasteiger partial charge is 0.399 e. The molecule has 0 radical (unpaired) electrons. The van der Waals surface area contributed by atoms with Gasteiger partial charge in [0.15, 0.2) is 0 Å². The van der Waals surface area contributed by atoms with Crippen LogP contribution in [-0.2, 0) is 5.41 Å². The zero-order valence-electron chi connectivity index (χ0n) is 14.5. The summed E-state index contributed by atoms with van der Waals surface area (Å²) < 4.78 is 0. The van der Waals surface area contributed by atoms with Crippen molar-refractivity contribution in [3.63, 3.8) is 0 Å². The van der Waals surface area contributed by atoms with Gasteiger partial charge in [-0.2, -0.15) is 0 Å². The average molecular weight is 325 g/mol. The molecule has 0 heterocycles. The Hall–Kier alpha value is -2.54. The van der Waals surface area contributed by atoms with Crippen LogP contribution in [0.25, 0.3) is 22.3 Å². The van der Waals surface area contributed by atoms with E-state index in [1.54, 1.807) is 0 Å². The molecule has 1 spiro atoms. The van der Waals surface area contributed by atoms with Gasteiger partial charge in [0.1, 0.15) is 0 Å². The molecule has 124 valence electrons. The maximum absolute atomic E-state index is 6.13. The van der Waals surface area contributed by atoms with Crippen LogP contribution in [0.2, 0.25) is 0 Å². The first-order valence-corrected chi connectivity index (χ1v) is 9.38. The van der Waals surface area contributed by atoms with Gasteiger partial charge < -0.3 is 5.73 Å². The van der Waals surface area contributed by atoms with Crippen LogP contribution in [0.4, 0.5) is 5.69 Å². The molecule has 5 rings (SSSR count). The minimum Gasteiger partial charge on any atom is -0.399 e. The molecular weight excluding hydrogens is 302 g/mol. The third kappa shape index (κ3) is 2.15. The predicted octanol–water partition coefficient (Wildman–Crippen LogP) is 6.17. The Morgan fingerprint density at radius 1 is 0.640 bits per heavy atom. The highest BCUT2D eigenvalue weighted by Gasteiger charge is 2.43. The van der Waals surface area contributed by atoms with Crippen molar-refractivity contribution in [2.24, 2.45) is 0 Å². The summed E-state index contributed by atoms with van der Waals surface area (Å²) in [6, 6.07) is 24.3. The lowest BCUT2D eigenvalue weighted by molar-refractivity contribution is 0.353. The number of fused-ring (bicyclic) bond motifs is 5. The quantitative estimate of drug-likeness (QED) is 0.532. The summed E-state index contributed by atoms with van der Waals surface area (Å²) in [7, 11) is 0. The molecule has 3 aromatic carbocycles. The second-order valence-corrected chi connectivity index (χ2v) is 7.57. The van der Waals surface area contributed by atoms with Gasteiger partial charge in [-0.1, -0.05) is 67.8 Å². The van der Waals surface area contributed by atoms with Gasteiger partial charge in [0.25, 0.3) is 0 Å². The Labute approximate surface area is 149 Å². The fourth-order valence-corrected chi connectivity index (χ4v) is 5.03. The Bertz CT molecular complexity index is 934. The zero-order chi connectivity index (χ0) is 16.9. The van der Waals surface area contributed by atoms with Crippen molar-refractivity contribution >= 4 is 5.69 Å².